The number of likely N-dealkylation sites (N-methyl/N-ethyl adjacent to an activating group) is 1. The number of nitrogens with one attached hydrogen (secondary N) is 1. The Morgan fingerprint density at radius 1 is 1.22 bits per heavy atom. The van der Waals surface area contributed by atoms with Crippen LogP contribution >= 0.6 is 0 Å². The van der Waals surface area contributed by atoms with Gasteiger partial charge in [0.15, 0.2) is 0 Å². The molecule has 7 heteroatoms. The van der Waals surface area contributed by atoms with E-state index in [1.165, 1.54) is 5.52 Å². The Kier molecular flexibility index (Phi) is 3.93. The molecule has 0 aromatic carbocycles. The molecule has 0 aliphatic carbocycles. The molecule has 0 radical (unpaired) electrons. The van der Waals surface area contributed by atoms with E-state index in [0.717, 1.165) is 67.7 Å². The minimum atomic E-state index is 0.0860. The van der Waals surface area contributed by atoms with Crippen molar-refractivity contribution in [3.63, 3.8) is 0 Å². The van der Waals surface area contributed by atoms with Crippen LogP contribution in [0.2, 0.25) is 0 Å². The van der Waals surface area contributed by atoms with Gasteiger partial charge in [-0.2, -0.15) is 0 Å². The molecule has 0 saturated carbocycles. The largest absolute Gasteiger partial charge is 0.346 e. The van der Waals surface area contributed by atoms with Crippen LogP contribution in [-0.4, -0.2) is 67.9 Å². The van der Waals surface area contributed by atoms with Gasteiger partial charge in [0, 0.05) is 30.7 Å². The van der Waals surface area contributed by atoms with E-state index in [-0.39, 0.29) is 6.04 Å². The zero-order valence-electron chi connectivity index (χ0n) is 16.0. The molecular weight excluding hydrogens is 340 g/mol. The molecule has 7 nitrogen and oxygen atoms in total. The molecule has 2 aliphatic rings. The predicted octanol–water partition coefficient (Wildman–Crippen LogP) is 2.48. The Hall–Kier alpha value is -2.41. The highest BCUT2D eigenvalue weighted by Gasteiger charge is 2.34. The van der Waals surface area contributed by atoms with E-state index in [1.807, 2.05) is 12.4 Å². The molecule has 1 atom stereocenters. The highest BCUT2D eigenvalue weighted by molar-refractivity contribution is 6.01. The summed E-state index contributed by atoms with van der Waals surface area (Å²) in [6.07, 6.45) is 7.87. The van der Waals surface area contributed by atoms with Gasteiger partial charge in [0.25, 0.3) is 0 Å². The van der Waals surface area contributed by atoms with Crippen molar-refractivity contribution in [3.05, 3.63) is 24.3 Å². The summed E-state index contributed by atoms with van der Waals surface area (Å²) in [6.45, 7) is 4.76. The molecule has 27 heavy (non-hydrogen) atoms. The molecular formula is C20H26N6O. The molecule has 1 N–H and O–H groups in total. The second-order valence-electron chi connectivity index (χ2n) is 7.96. The number of piperidine rings is 1. The van der Waals surface area contributed by atoms with Gasteiger partial charge >= 0.3 is 0 Å². The Morgan fingerprint density at radius 3 is 2.78 bits per heavy atom. The topological polar surface area (TPSA) is 70.0 Å². The fourth-order valence-corrected chi connectivity index (χ4v) is 4.93. The average Bonchev–Trinajstić information content (AvgIpc) is 3.38. The van der Waals surface area contributed by atoms with E-state index in [0.29, 0.717) is 11.9 Å². The van der Waals surface area contributed by atoms with Crippen LogP contribution in [0, 0.1) is 6.92 Å². The zero-order chi connectivity index (χ0) is 18.5. The zero-order valence-corrected chi connectivity index (χ0v) is 16.0. The van der Waals surface area contributed by atoms with Gasteiger partial charge in [-0.05, 0) is 52.3 Å². The highest BCUT2D eigenvalue weighted by Crippen LogP contribution is 2.32. The number of amides is 1. The van der Waals surface area contributed by atoms with Crippen molar-refractivity contribution in [3.8, 4) is 0 Å². The van der Waals surface area contributed by atoms with E-state index >= 15 is 0 Å². The molecule has 3 aromatic heterocycles. The minimum Gasteiger partial charge on any atom is -0.346 e. The monoisotopic (exact) mass is 366 g/mol. The number of fused-ring (bicyclic) bond motifs is 3. The van der Waals surface area contributed by atoms with Crippen LogP contribution in [0.3, 0.4) is 0 Å². The third kappa shape index (κ3) is 2.64. The Balaban J connectivity index is 1.40. The van der Waals surface area contributed by atoms with Crippen molar-refractivity contribution < 1.29 is 4.79 Å². The van der Waals surface area contributed by atoms with Gasteiger partial charge in [-0.25, -0.2) is 9.97 Å². The Bertz CT molecular complexity index is 997. The molecule has 2 fully saturated rings. The summed E-state index contributed by atoms with van der Waals surface area (Å²) in [6, 6.07) is 2.54. The van der Waals surface area contributed by atoms with Crippen LogP contribution in [0.15, 0.2) is 18.5 Å². The molecule has 5 heterocycles. The van der Waals surface area contributed by atoms with Gasteiger partial charge in [0.1, 0.15) is 17.0 Å². The van der Waals surface area contributed by atoms with Crippen molar-refractivity contribution in [1.82, 2.24) is 29.3 Å². The number of carbonyl (C=O) groups excluding carboxylic acids is 1. The number of carbonyl (C=O) groups is 1. The number of aromatic amines is 1. The lowest BCUT2D eigenvalue weighted by molar-refractivity contribution is -0.136. The number of rotatable bonds is 2. The molecule has 3 aromatic rings. The second kappa shape index (κ2) is 6.34. The first-order valence-corrected chi connectivity index (χ1v) is 9.93. The van der Waals surface area contributed by atoms with Gasteiger partial charge in [0.05, 0.1) is 17.8 Å². The van der Waals surface area contributed by atoms with Crippen molar-refractivity contribution in [2.45, 2.75) is 44.7 Å². The summed E-state index contributed by atoms with van der Waals surface area (Å²) in [5.74, 6) is 1.35. The smallest absolute Gasteiger partial charge is 0.239 e. The van der Waals surface area contributed by atoms with Gasteiger partial charge in [0.2, 0.25) is 5.91 Å². The quantitative estimate of drug-likeness (QED) is 0.756. The maximum absolute atomic E-state index is 12.9. The first-order valence-electron chi connectivity index (χ1n) is 9.93. The summed E-state index contributed by atoms with van der Waals surface area (Å²) < 4.78 is 2.37. The van der Waals surface area contributed by atoms with E-state index < -0.39 is 0 Å². The fraction of sp³-hybridized carbons (Fsp3) is 0.550. The lowest BCUT2D eigenvalue weighted by Crippen LogP contribution is -2.47. The van der Waals surface area contributed by atoms with Crippen molar-refractivity contribution >= 4 is 28.0 Å². The van der Waals surface area contributed by atoms with Crippen LogP contribution in [0.4, 0.5) is 0 Å². The number of pyridine rings is 1. The van der Waals surface area contributed by atoms with Gasteiger partial charge < -0.3 is 14.5 Å². The summed E-state index contributed by atoms with van der Waals surface area (Å²) in [4.78, 5) is 29.6. The average molecular weight is 366 g/mol. The summed E-state index contributed by atoms with van der Waals surface area (Å²) in [7, 11) is 2.07. The first-order chi connectivity index (χ1) is 13.1. The van der Waals surface area contributed by atoms with Crippen molar-refractivity contribution in [2.75, 3.05) is 26.7 Å². The number of aryl methyl sites for hydroxylation is 1. The van der Waals surface area contributed by atoms with Gasteiger partial charge in [-0.1, -0.05) is 0 Å². The molecule has 5 rings (SSSR count). The molecule has 142 valence electrons. The van der Waals surface area contributed by atoms with Crippen LogP contribution in [0.5, 0.6) is 0 Å². The van der Waals surface area contributed by atoms with Gasteiger partial charge in [-0.3, -0.25) is 9.69 Å². The van der Waals surface area contributed by atoms with E-state index in [1.54, 1.807) is 0 Å². The molecule has 2 aliphatic heterocycles. The molecule has 2 saturated heterocycles. The second-order valence-corrected chi connectivity index (χ2v) is 7.96. The van der Waals surface area contributed by atoms with E-state index in [9.17, 15) is 4.79 Å². The number of imidazole rings is 1. The standard InChI is InChI=1S/C20H26N6O/c1-13-23-16-12-22-19-15(5-8-21-19)18(16)26(13)14-6-10-25(11-7-14)20(27)17-4-3-9-24(17)2/h5,8,12,14,17H,3-4,6-7,9-11H2,1-2H3,(H,21,22)/t17-/m0/s1. The van der Waals surface area contributed by atoms with Crippen molar-refractivity contribution in [1.29, 1.82) is 0 Å². The third-order valence-corrected chi connectivity index (χ3v) is 6.36. The maximum Gasteiger partial charge on any atom is 0.239 e. The van der Waals surface area contributed by atoms with Gasteiger partial charge in [-0.15, -0.1) is 0 Å². The van der Waals surface area contributed by atoms with Crippen LogP contribution < -0.4 is 0 Å². The molecule has 0 bridgehead atoms. The first kappa shape index (κ1) is 16.7. The normalized spacial score (nSPS) is 22.3. The van der Waals surface area contributed by atoms with Crippen LogP contribution in [-0.2, 0) is 4.79 Å². The molecule has 0 unspecified atom stereocenters. The number of H-pyrrole nitrogens is 1. The number of aromatic nitrogens is 4. The molecule has 0 spiro atoms. The van der Waals surface area contributed by atoms with Crippen LogP contribution in [0.1, 0.15) is 37.5 Å². The third-order valence-electron chi connectivity index (χ3n) is 6.36. The summed E-state index contributed by atoms with van der Waals surface area (Å²) >= 11 is 0. The number of nitrogens with zero attached hydrogens (tertiary/aromatic N) is 5. The number of likely N-dealkylation sites (tertiary alicyclic amines) is 2. The lowest BCUT2D eigenvalue weighted by atomic mass is 10.0. The minimum absolute atomic E-state index is 0.0860. The van der Waals surface area contributed by atoms with E-state index in [2.05, 4.69) is 44.4 Å². The number of hydrogen-bond acceptors (Lipinski definition) is 4. The van der Waals surface area contributed by atoms with Crippen molar-refractivity contribution in [2.24, 2.45) is 0 Å². The molecule has 1 amide bonds. The van der Waals surface area contributed by atoms with Crippen LogP contribution in [0.25, 0.3) is 22.1 Å². The predicted molar refractivity (Wildman–Crippen MR) is 105 cm³/mol. The highest BCUT2D eigenvalue weighted by atomic mass is 16.2. The lowest BCUT2D eigenvalue weighted by Gasteiger charge is -2.35. The van der Waals surface area contributed by atoms with E-state index in [4.69, 9.17) is 4.98 Å². The number of hydrogen-bond donors (Lipinski definition) is 1. The SMILES string of the molecule is Cc1nc2cnc3[nH]ccc3c2n1C1CCN(C(=O)[C@@H]2CCCN2C)CC1. The fourth-order valence-electron chi connectivity index (χ4n) is 4.93. The summed E-state index contributed by atoms with van der Waals surface area (Å²) in [5, 5.41) is 1.12. The Labute approximate surface area is 158 Å². The Morgan fingerprint density at radius 2 is 2.04 bits per heavy atom. The maximum atomic E-state index is 12.9. The summed E-state index contributed by atoms with van der Waals surface area (Å²) in [5.41, 5.74) is 3.02.